The maximum Gasteiger partial charge on any atom is 0.315 e. The highest BCUT2D eigenvalue weighted by Crippen LogP contribution is 2.28. The lowest BCUT2D eigenvalue weighted by atomic mass is 9.93. The molecule has 1 aromatic heterocycles. The molecule has 1 aliphatic carbocycles. The van der Waals surface area contributed by atoms with E-state index in [9.17, 15) is 4.79 Å². The molecule has 0 radical (unpaired) electrons. The van der Waals surface area contributed by atoms with Crippen molar-refractivity contribution < 1.29 is 9.53 Å². The largest absolute Gasteiger partial charge is 0.497 e. The van der Waals surface area contributed by atoms with E-state index in [0.29, 0.717) is 6.54 Å². The summed E-state index contributed by atoms with van der Waals surface area (Å²) in [6, 6.07) is 7.55. The molecule has 1 atom stereocenters. The third-order valence-electron chi connectivity index (χ3n) is 4.29. The summed E-state index contributed by atoms with van der Waals surface area (Å²) >= 11 is 0. The molecule has 2 aromatic rings. The Labute approximate surface area is 135 Å². The van der Waals surface area contributed by atoms with E-state index >= 15 is 0 Å². The van der Waals surface area contributed by atoms with E-state index in [2.05, 4.69) is 15.7 Å². The second kappa shape index (κ2) is 6.73. The predicted molar refractivity (Wildman–Crippen MR) is 87.3 cm³/mol. The summed E-state index contributed by atoms with van der Waals surface area (Å²) < 4.78 is 7.02. The van der Waals surface area contributed by atoms with Crippen LogP contribution in [0.2, 0.25) is 0 Å². The number of hydrogen-bond donors (Lipinski definition) is 2. The predicted octanol–water partition coefficient (Wildman–Crippen LogP) is 2.31. The highest BCUT2D eigenvalue weighted by Gasteiger charge is 2.24. The van der Waals surface area contributed by atoms with Gasteiger partial charge in [0.25, 0.3) is 0 Å². The van der Waals surface area contributed by atoms with Gasteiger partial charge in [-0.15, -0.1) is 0 Å². The molecular weight excluding hydrogens is 292 g/mol. The van der Waals surface area contributed by atoms with Crippen molar-refractivity contribution in [1.82, 2.24) is 20.4 Å². The minimum absolute atomic E-state index is 0.0447. The highest BCUT2D eigenvalue weighted by molar-refractivity contribution is 5.74. The normalized spacial score (nSPS) is 16.5. The molecule has 0 bridgehead atoms. The van der Waals surface area contributed by atoms with Crippen LogP contribution in [0.5, 0.6) is 5.75 Å². The van der Waals surface area contributed by atoms with Crippen molar-refractivity contribution in [2.45, 2.75) is 31.8 Å². The van der Waals surface area contributed by atoms with Gasteiger partial charge >= 0.3 is 6.03 Å². The first-order chi connectivity index (χ1) is 11.2. The zero-order valence-corrected chi connectivity index (χ0v) is 13.5. The lowest BCUT2D eigenvalue weighted by molar-refractivity contribution is 0.235. The van der Waals surface area contributed by atoms with Gasteiger partial charge in [0.2, 0.25) is 0 Å². The van der Waals surface area contributed by atoms with Crippen LogP contribution < -0.4 is 15.4 Å². The van der Waals surface area contributed by atoms with Crippen molar-refractivity contribution in [1.29, 1.82) is 0 Å². The molecule has 0 saturated carbocycles. The van der Waals surface area contributed by atoms with Crippen molar-refractivity contribution >= 4 is 6.03 Å². The Morgan fingerprint density at radius 3 is 2.91 bits per heavy atom. The van der Waals surface area contributed by atoms with E-state index in [1.54, 1.807) is 7.11 Å². The molecule has 0 unspecified atom stereocenters. The standard InChI is InChI=1S/C17H22N4O2/c1-21-16-5-3-4-15(14(16)11-19-21)20-17(22)18-10-12-6-8-13(23-2)9-7-12/h6-9,11,15H,3-5,10H2,1-2H3,(H2,18,20,22)/t15-/m1/s1. The lowest BCUT2D eigenvalue weighted by Gasteiger charge is -2.24. The molecular formula is C17H22N4O2. The first kappa shape index (κ1) is 15.4. The molecule has 2 amide bonds. The smallest absolute Gasteiger partial charge is 0.315 e. The third kappa shape index (κ3) is 3.47. The number of rotatable bonds is 4. The van der Waals surface area contributed by atoms with Gasteiger partial charge in [-0.1, -0.05) is 12.1 Å². The summed E-state index contributed by atoms with van der Waals surface area (Å²) in [6.07, 6.45) is 4.91. The Bertz CT molecular complexity index is 678. The van der Waals surface area contributed by atoms with Crippen LogP contribution in [0.25, 0.3) is 0 Å². The van der Waals surface area contributed by atoms with Crippen molar-refractivity contribution in [3.8, 4) is 5.75 Å². The molecule has 1 heterocycles. The maximum atomic E-state index is 12.2. The van der Waals surface area contributed by atoms with Gasteiger partial charge in [-0.3, -0.25) is 4.68 Å². The number of carbonyl (C=O) groups is 1. The topological polar surface area (TPSA) is 68.2 Å². The van der Waals surface area contributed by atoms with E-state index in [1.807, 2.05) is 42.2 Å². The van der Waals surface area contributed by atoms with Crippen LogP contribution in [-0.2, 0) is 20.0 Å². The average Bonchev–Trinajstić information content (AvgIpc) is 2.96. The van der Waals surface area contributed by atoms with E-state index in [-0.39, 0.29) is 12.1 Å². The fourth-order valence-electron chi connectivity index (χ4n) is 2.99. The van der Waals surface area contributed by atoms with Gasteiger partial charge in [-0.05, 0) is 37.0 Å². The molecule has 122 valence electrons. The van der Waals surface area contributed by atoms with Crippen LogP contribution in [0.4, 0.5) is 4.79 Å². The average molecular weight is 314 g/mol. The van der Waals surface area contributed by atoms with E-state index in [1.165, 1.54) is 5.69 Å². The summed E-state index contributed by atoms with van der Waals surface area (Å²) in [6.45, 7) is 0.489. The first-order valence-corrected chi connectivity index (χ1v) is 7.85. The fourth-order valence-corrected chi connectivity index (χ4v) is 2.99. The third-order valence-corrected chi connectivity index (χ3v) is 4.29. The van der Waals surface area contributed by atoms with Crippen molar-refractivity contribution in [2.75, 3.05) is 7.11 Å². The van der Waals surface area contributed by atoms with Crippen LogP contribution in [0, 0.1) is 0 Å². The number of amides is 2. The van der Waals surface area contributed by atoms with Crippen molar-refractivity contribution in [3.05, 3.63) is 47.3 Å². The molecule has 6 heteroatoms. The quantitative estimate of drug-likeness (QED) is 0.910. The SMILES string of the molecule is COc1ccc(CNC(=O)N[C@@H]2CCCc3c2cnn3C)cc1. The number of aryl methyl sites for hydroxylation is 1. The number of hydrogen-bond acceptors (Lipinski definition) is 3. The number of urea groups is 1. The number of nitrogens with one attached hydrogen (secondary N) is 2. The highest BCUT2D eigenvalue weighted by atomic mass is 16.5. The van der Waals surface area contributed by atoms with Crippen LogP contribution in [0.3, 0.4) is 0 Å². The summed E-state index contributed by atoms with van der Waals surface area (Å²) in [7, 11) is 3.59. The molecule has 6 nitrogen and oxygen atoms in total. The van der Waals surface area contributed by atoms with Crippen LogP contribution in [0.15, 0.2) is 30.5 Å². The summed E-state index contributed by atoms with van der Waals surface area (Å²) in [5.41, 5.74) is 3.39. The van der Waals surface area contributed by atoms with Gasteiger partial charge in [0, 0.05) is 24.8 Å². The molecule has 2 N–H and O–H groups in total. The van der Waals surface area contributed by atoms with Gasteiger partial charge in [-0.25, -0.2) is 4.79 Å². The second-order valence-electron chi connectivity index (χ2n) is 5.79. The molecule has 1 aliphatic rings. The zero-order valence-electron chi connectivity index (χ0n) is 13.5. The van der Waals surface area contributed by atoms with Crippen molar-refractivity contribution in [2.24, 2.45) is 7.05 Å². The number of aromatic nitrogens is 2. The van der Waals surface area contributed by atoms with Gasteiger partial charge in [0.1, 0.15) is 5.75 Å². The monoisotopic (exact) mass is 314 g/mol. The Morgan fingerprint density at radius 1 is 1.39 bits per heavy atom. The summed E-state index contributed by atoms with van der Waals surface area (Å²) in [4.78, 5) is 12.2. The lowest BCUT2D eigenvalue weighted by Crippen LogP contribution is -2.38. The number of carbonyl (C=O) groups excluding carboxylic acids is 1. The van der Waals surface area contributed by atoms with Gasteiger partial charge < -0.3 is 15.4 Å². The Kier molecular flexibility index (Phi) is 4.50. The molecule has 0 fully saturated rings. The Balaban J connectivity index is 1.55. The summed E-state index contributed by atoms with van der Waals surface area (Å²) in [5.74, 6) is 0.810. The molecule has 23 heavy (non-hydrogen) atoms. The maximum absolute atomic E-state index is 12.2. The number of ether oxygens (including phenoxy) is 1. The zero-order chi connectivity index (χ0) is 16.2. The van der Waals surface area contributed by atoms with Gasteiger partial charge in [-0.2, -0.15) is 5.10 Å². The van der Waals surface area contributed by atoms with Crippen LogP contribution >= 0.6 is 0 Å². The van der Waals surface area contributed by atoms with E-state index < -0.39 is 0 Å². The van der Waals surface area contributed by atoms with Gasteiger partial charge in [0.05, 0.1) is 19.3 Å². The molecule has 3 rings (SSSR count). The summed E-state index contributed by atoms with van der Waals surface area (Å²) in [5, 5.41) is 10.3. The number of fused-ring (bicyclic) bond motifs is 1. The number of nitrogens with zero attached hydrogens (tertiary/aromatic N) is 2. The molecule has 0 saturated heterocycles. The number of benzene rings is 1. The minimum Gasteiger partial charge on any atom is -0.497 e. The molecule has 0 spiro atoms. The van der Waals surface area contributed by atoms with Crippen LogP contribution in [0.1, 0.15) is 35.7 Å². The number of methoxy groups -OCH3 is 1. The second-order valence-corrected chi connectivity index (χ2v) is 5.79. The van der Waals surface area contributed by atoms with E-state index in [4.69, 9.17) is 4.74 Å². The first-order valence-electron chi connectivity index (χ1n) is 7.85. The van der Waals surface area contributed by atoms with Crippen molar-refractivity contribution in [3.63, 3.8) is 0 Å². The van der Waals surface area contributed by atoms with Gasteiger partial charge in [0.15, 0.2) is 0 Å². The molecule has 0 aliphatic heterocycles. The Morgan fingerprint density at radius 2 is 2.17 bits per heavy atom. The Hall–Kier alpha value is -2.50. The fraction of sp³-hybridized carbons (Fsp3) is 0.412. The molecule has 1 aromatic carbocycles. The minimum atomic E-state index is -0.150. The van der Waals surface area contributed by atoms with Crippen LogP contribution in [-0.4, -0.2) is 22.9 Å². The van der Waals surface area contributed by atoms with E-state index in [0.717, 1.165) is 36.1 Å².